The zero-order valence-corrected chi connectivity index (χ0v) is 19.1. The number of rotatable bonds is 9. The number of anilines is 3. The molecule has 0 saturated heterocycles. The van der Waals surface area contributed by atoms with Gasteiger partial charge in [-0.15, -0.1) is 0 Å². The third kappa shape index (κ3) is 4.54. The summed E-state index contributed by atoms with van der Waals surface area (Å²) in [6.45, 7) is 5.32. The Morgan fingerprint density at radius 2 is 1.82 bits per heavy atom. The lowest BCUT2D eigenvalue weighted by Gasteiger charge is -2.14. The van der Waals surface area contributed by atoms with Gasteiger partial charge in [-0.25, -0.2) is 19.9 Å². The number of imidazole rings is 2. The zero-order valence-electron chi connectivity index (χ0n) is 19.1. The smallest absolute Gasteiger partial charge is 0.210 e. The number of nitrogens with zero attached hydrogens (tertiary/aromatic N) is 6. The van der Waals surface area contributed by atoms with Gasteiger partial charge in [-0.1, -0.05) is 18.2 Å². The molecule has 3 heterocycles. The van der Waals surface area contributed by atoms with Gasteiger partial charge in [0.25, 0.3) is 0 Å². The lowest BCUT2D eigenvalue weighted by Crippen LogP contribution is -2.13. The molecule has 0 bridgehead atoms. The molecule has 9 nitrogen and oxygen atoms in total. The summed E-state index contributed by atoms with van der Waals surface area (Å²) in [7, 11) is 0. The lowest BCUT2D eigenvalue weighted by molar-refractivity contribution is 0.333. The van der Waals surface area contributed by atoms with Gasteiger partial charge in [-0.3, -0.25) is 4.57 Å². The van der Waals surface area contributed by atoms with Crippen molar-refractivity contribution in [2.75, 3.05) is 23.8 Å². The van der Waals surface area contributed by atoms with Crippen LogP contribution >= 0.6 is 0 Å². The topological polar surface area (TPSA) is 94.7 Å². The molecule has 0 radical (unpaired) electrons. The van der Waals surface area contributed by atoms with Crippen LogP contribution in [0, 0.1) is 0 Å². The maximum absolute atomic E-state index is 5.77. The molecule has 0 aliphatic heterocycles. The molecule has 0 atom stereocenters. The van der Waals surface area contributed by atoms with Crippen LogP contribution < -0.4 is 15.4 Å². The molecule has 9 heteroatoms. The van der Waals surface area contributed by atoms with E-state index in [9.17, 15) is 0 Å². The van der Waals surface area contributed by atoms with Gasteiger partial charge in [-0.05, 0) is 50.2 Å². The van der Waals surface area contributed by atoms with Gasteiger partial charge in [-0.2, -0.15) is 0 Å². The first-order valence-corrected chi connectivity index (χ1v) is 11.2. The second-order valence-electron chi connectivity index (χ2n) is 8.02. The number of benzene rings is 2. The van der Waals surface area contributed by atoms with Gasteiger partial charge in [0.2, 0.25) is 5.95 Å². The summed E-state index contributed by atoms with van der Waals surface area (Å²) in [5.74, 6) is 2.23. The molecule has 0 spiro atoms. The fourth-order valence-corrected chi connectivity index (χ4v) is 3.73. The minimum absolute atomic E-state index is 0.155. The fraction of sp³-hybridized carbons (Fsp3) is 0.200. The highest BCUT2D eigenvalue weighted by Crippen LogP contribution is 2.28. The third-order valence-electron chi connectivity index (χ3n) is 5.33. The molecule has 0 amide bonds. The monoisotopic (exact) mass is 454 g/mol. The lowest BCUT2D eigenvalue weighted by atomic mass is 10.3. The van der Waals surface area contributed by atoms with Crippen LogP contribution in [0.3, 0.4) is 0 Å². The van der Waals surface area contributed by atoms with Gasteiger partial charge >= 0.3 is 0 Å². The highest BCUT2D eigenvalue weighted by atomic mass is 16.5. The first-order valence-electron chi connectivity index (χ1n) is 11.2. The number of aromatic nitrogens is 6. The van der Waals surface area contributed by atoms with Crippen molar-refractivity contribution in [3.05, 3.63) is 79.6 Å². The van der Waals surface area contributed by atoms with Crippen LogP contribution in [-0.4, -0.2) is 42.2 Å². The predicted molar refractivity (Wildman–Crippen MR) is 133 cm³/mol. The Morgan fingerprint density at radius 3 is 2.56 bits per heavy atom. The van der Waals surface area contributed by atoms with Crippen molar-refractivity contribution >= 4 is 28.6 Å². The summed E-state index contributed by atoms with van der Waals surface area (Å²) >= 11 is 0. The number of nitrogens with one attached hydrogen (secondary N) is 2. The molecule has 5 aromatic rings. The van der Waals surface area contributed by atoms with E-state index in [2.05, 4.69) is 44.0 Å². The molecule has 2 N–H and O–H groups in total. The predicted octanol–water partition coefficient (Wildman–Crippen LogP) is 4.83. The molecule has 5 rings (SSSR count). The average molecular weight is 455 g/mol. The highest BCUT2D eigenvalue weighted by Gasteiger charge is 2.18. The molecule has 0 saturated carbocycles. The maximum atomic E-state index is 5.77. The summed E-state index contributed by atoms with van der Waals surface area (Å²) in [5.41, 5.74) is 3.46. The summed E-state index contributed by atoms with van der Waals surface area (Å²) in [4.78, 5) is 17.9. The van der Waals surface area contributed by atoms with Crippen molar-refractivity contribution < 1.29 is 4.74 Å². The molecule has 3 aromatic heterocycles. The van der Waals surface area contributed by atoms with E-state index in [4.69, 9.17) is 9.72 Å². The van der Waals surface area contributed by atoms with E-state index in [0.29, 0.717) is 30.4 Å². The van der Waals surface area contributed by atoms with Gasteiger partial charge < -0.3 is 19.9 Å². The van der Waals surface area contributed by atoms with Crippen molar-refractivity contribution in [1.29, 1.82) is 0 Å². The van der Waals surface area contributed by atoms with Crippen molar-refractivity contribution in [2.24, 2.45) is 0 Å². The Morgan fingerprint density at radius 1 is 1.00 bits per heavy atom. The Labute approximate surface area is 197 Å². The van der Waals surface area contributed by atoms with Crippen LogP contribution in [0.2, 0.25) is 0 Å². The quantitative estimate of drug-likeness (QED) is 0.308. The number of ether oxygens (including phenoxy) is 1. The molecule has 2 aromatic carbocycles. The SMILES string of the molecule is CC(C)n1c(Nc2ccc(-n3ccnc3)cc2)nc2c(NCCOc3ccccc3)ncnc21. The first kappa shape index (κ1) is 21.4. The van der Waals surface area contributed by atoms with Crippen molar-refractivity contribution in [3.63, 3.8) is 0 Å². The van der Waals surface area contributed by atoms with Crippen molar-refractivity contribution in [3.8, 4) is 11.4 Å². The molecule has 172 valence electrons. The normalized spacial score (nSPS) is 11.1. The maximum Gasteiger partial charge on any atom is 0.210 e. The first-order chi connectivity index (χ1) is 16.7. The number of hydrogen-bond donors (Lipinski definition) is 2. The standard InChI is InChI=1S/C25H26N8O/c1-18(2)33-24-22(23(28-16-29-24)27-13-15-34-21-6-4-3-5-7-21)31-25(33)30-19-8-10-20(11-9-19)32-14-12-26-17-32/h3-12,14,16-18H,13,15H2,1-2H3,(H,30,31)(H,27,28,29). The largest absolute Gasteiger partial charge is 0.492 e. The Balaban J connectivity index is 1.35. The minimum atomic E-state index is 0.155. The van der Waals surface area contributed by atoms with Crippen LogP contribution in [0.15, 0.2) is 79.6 Å². The van der Waals surface area contributed by atoms with E-state index in [1.165, 1.54) is 0 Å². The van der Waals surface area contributed by atoms with Crippen molar-refractivity contribution in [2.45, 2.75) is 19.9 Å². The number of para-hydroxylation sites is 1. The molecule has 0 unspecified atom stereocenters. The minimum Gasteiger partial charge on any atom is -0.492 e. The molecule has 0 aliphatic carbocycles. The fourth-order valence-electron chi connectivity index (χ4n) is 3.73. The zero-order chi connectivity index (χ0) is 23.3. The van der Waals surface area contributed by atoms with Gasteiger partial charge in [0.15, 0.2) is 17.0 Å². The van der Waals surface area contributed by atoms with E-state index in [1.54, 1.807) is 18.9 Å². The van der Waals surface area contributed by atoms with Crippen LogP contribution in [0.5, 0.6) is 5.75 Å². The molecule has 0 aliphatic rings. The second kappa shape index (κ2) is 9.62. The number of fused-ring (bicyclic) bond motifs is 1. The molecule has 0 fully saturated rings. The average Bonchev–Trinajstić information content (AvgIpc) is 3.51. The van der Waals surface area contributed by atoms with Crippen LogP contribution in [0.1, 0.15) is 19.9 Å². The van der Waals surface area contributed by atoms with Gasteiger partial charge in [0.05, 0.1) is 12.9 Å². The Bertz CT molecular complexity index is 1350. The summed E-state index contributed by atoms with van der Waals surface area (Å²) in [6.07, 6.45) is 7.02. The Kier molecular flexibility index (Phi) is 6.07. The Hall–Kier alpha value is -4.40. The molecular formula is C25H26N8O. The van der Waals surface area contributed by atoms with E-state index in [1.807, 2.05) is 65.4 Å². The summed E-state index contributed by atoms with van der Waals surface area (Å²) in [6, 6.07) is 18.0. The molecule has 34 heavy (non-hydrogen) atoms. The van der Waals surface area contributed by atoms with Crippen LogP contribution in [-0.2, 0) is 0 Å². The van der Waals surface area contributed by atoms with Gasteiger partial charge in [0.1, 0.15) is 18.7 Å². The summed E-state index contributed by atoms with van der Waals surface area (Å²) in [5, 5.41) is 6.77. The second-order valence-corrected chi connectivity index (χ2v) is 8.02. The third-order valence-corrected chi connectivity index (χ3v) is 5.33. The molecular weight excluding hydrogens is 428 g/mol. The summed E-state index contributed by atoms with van der Waals surface area (Å²) < 4.78 is 9.81. The van der Waals surface area contributed by atoms with Crippen LogP contribution in [0.25, 0.3) is 16.9 Å². The van der Waals surface area contributed by atoms with E-state index in [-0.39, 0.29) is 6.04 Å². The van der Waals surface area contributed by atoms with E-state index < -0.39 is 0 Å². The highest BCUT2D eigenvalue weighted by molar-refractivity contribution is 5.86. The van der Waals surface area contributed by atoms with Crippen molar-refractivity contribution in [1.82, 2.24) is 29.1 Å². The number of hydrogen-bond acceptors (Lipinski definition) is 7. The van der Waals surface area contributed by atoms with Gasteiger partial charge in [0, 0.05) is 29.8 Å². The van der Waals surface area contributed by atoms with E-state index >= 15 is 0 Å². The van der Waals surface area contributed by atoms with Crippen LogP contribution in [0.4, 0.5) is 17.5 Å². The van der Waals surface area contributed by atoms with E-state index in [0.717, 1.165) is 22.8 Å².